The van der Waals surface area contributed by atoms with Gasteiger partial charge in [-0.2, -0.15) is 5.26 Å². The Morgan fingerprint density at radius 1 is 1.53 bits per heavy atom. The minimum Gasteiger partial charge on any atom is -0.468 e. The third kappa shape index (κ3) is 5.61. The number of hydrogen-bond acceptors (Lipinski definition) is 3. The van der Waals surface area contributed by atoms with Gasteiger partial charge in [0.2, 0.25) is 0 Å². The fourth-order valence-electron chi connectivity index (χ4n) is 2.39. The van der Waals surface area contributed by atoms with Crippen molar-refractivity contribution in [2.75, 3.05) is 7.11 Å². The van der Waals surface area contributed by atoms with Gasteiger partial charge in [0.1, 0.15) is 5.92 Å². The average Bonchev–Trinajstić information content (AvgIpc) is 2.84. The maximum Gasteiger partial charge on any atom is 0.323 e. The van der Waals surface area contributed by atoms with Gasteiger partial charge in [-0.05, 0) is 48.4 Å². The summed E-state index contributed by atoms with van der Waals surface area (Å²) in [4.78, 5) is 11.3. The highest BCUT2D eigenvalue weighted by atomic mass is 79.9. The number of ether oxygens (including phenoxy) is 1. The number of halogens is 1. The van der Waals surface area contributed by atoms with Gasteiger partial charge in [0.15, 0.2) is 0 Å². The SMILES string of the molecule is C=C(Br)CC[C@H]1C=C[C@H](CCC(C#N)C(=O)OC)C1. The Balaban J connectivity index is 2.29. The molecule has 1 rings (SSSR count). The van der Waals surface area contributed by atoms with Crippen LogP contribution in [0, 0.1) is 29.1 Å². The molecule has 0 heterocycles. The topological polar surface area (TPSA) is 50.1 Å². The van der Waals surface area contributed by atoms with Gasteiger partial charge in [-0.3, -0.25) is 4.79 Å². The van der Waals surface area contributed by atoms with Gasteiger partial charge in [-0.15, -0.1) is 0 Å². The lowest BCUT2D eigenvalue weighted by molar-refractivity contribution is -0.143. The molecule has 0 aromatic rings. The monoisotopic (exact) mass is 325 g/mol. The molecule has 0 saturated carbocycles. The van der Waals surface area contributed by atoms with Crippen molar-refractivity contribution in [1.29, 1.82) is 5.26 Å². The molecule has 0 aromatic carbocycles. The molecule has 0 bridgehead atoms. The second-order valence-corrected chi connectivity index (χ2v) is 6.10. The van der Waals surface area contributed by atoms with Gasteiger partial charge >= 0.3 is 5.97 Å². The molecule has 0 N–H and O–H groups in total. The van der Waals surface area contributed by atoms with E-state index in [0.29, 0.717) is 18.3 Å². The lowest BCUT2D eigenvalue weighted by Crippen LogP contribution is -2.15. The molecule has 1 aliphatic carbocycles. The van der Waals surface area contributed by atoms with Gasteiger partial charge < -0.3 is 4.74 Å². The van der Waals surface area contributed by atoms with Gasteiger partial charge in [0, 0.05) is 0 Å². The first-order valence-electron chi connectivity index (χ1n) is 6.55. The summed E-state index contributed by atoms with van der Waals surface area (Å²) in [6.45, 7) is 3.84. The molecule has 0 spiro atoms. The highest BCUT2D eigenvalue weighted by Crippen LogP contribution is 2.32. The summed E-state index contributed by atoms with van der Waals surface area (Å²) >= 11 is 3.37. The van der Waals surface area contributed by atoms with Crippen LogP contribution in [-0.4, -0.2) is 13.1 Å². The van der Waals surface area contributed by atoms with Crippen molar-refractivity contribution in [2.24, 2.45) is 17.8 Å². The zero-order chi connectivity index (χ0) is 14.3. The van der Waals surface area contributed by atoms with Crippen LogP contribution >= 0.6 is 15.9 Å². The minimum absolute atomic E-state index is 0.420. The van der Waals surface area contributed by atoms with Crippen LogP contribution in [0.2, 0.25) is 0 Å². The highest BCUT2D eigenvalue weighted by molar-refractivity contribution is 9.11. The maximum absolute atomic E-state index is 11.3. The molecule has 1 unspecified atom stereocenters. The predicted octanol–water partition coefficient (Wildman–Crippen LogP) is 3.96. The van der Waals surface area contributed by atoms with E-state index in [2.05, 4.69) is 39.4 Å². The van der Waals surface area contributed by atoms with Crippen LogP contribution in [0.3, 0.4) is 0 Å². The second kappa shape index (κ2) is 8.16. The Bertz CT molecular complexity index is 397. The van der Waals surface area contributed by atoms with E-state index in [1.165, 1.54) is 7.11 Å². The summed E-state index contributed by atoms with van der Waals surface area (Å²) < 4.78 is 5.65. The molecular weight excluding hydrogens is 306 g/mol. The van der Waals surface area contributed by atoms with Crippen molar-refractivity contribution in [1.82, 2.24) is 0 Å². The van der Waals surface area contributed by atoms with E-state index in [1.54, 1.807) is 0 Å². The summed E-state index contributed by atoms with van der Waals surface area (Å²) in [5, 5.41) is 8.91. The van der Waals surface area contributed by atoms with E-state index in [0.717, 1.165) is 30.2 Å². The molecule has 0 saturated heterocycles. The zero-order valence-electron chi connectivity index (χ0n) is 11.3. The molecule has 0 aromatic heterocycles. The number of carbonyl (C=O) groups excluding carboxylic acids is 1. The van der Waals surface area contributed by atoms with E-state index < -0.39 is 11.9 Å². The summed E-state index contributed by atoms with van der Waals surface area (Å²) in [6.07, 6.45) is 9.12. The van der Waals surface area contributed by atoms with Gasteiger partial charge in [-0.1, -0.05) is 34.7 Å². The van der Waals surface area contributed by atoms with Crippen molar-refractivity contribution in [3.63, 3.8) is 0 Å². The lowest BCUT2D eigenvalue weighted by atomic mass is 9.92. The third-order valence-corrected chi connectivity index (χ3v) is 3.91. The Kier molecular flexibility index (Phi) is 6.86. The predicted molar refractivity (Wildman–Crippen MR) is 78.4 cm³/mol. The normalized spacial score (nSPS) is 22.8. The van der Waals surface area contributed by atoms with Crippen molar-refractivity contribution in [3.05, 3.63) is 23.2 Å². The molecule has 4 heteroatoms. The van der Waals surface area contributed by atoms with Crippen LogP contribution in [0.15, 0.2) is 23.2 Å². The zero-order valence-corrected chi connectivity index (χ0v) is 12.9. The van der Waals surface area contributed by atoms with E-state index in [1.807, 2.05) is 6.07 Å². The van der Waals surface area contributed by atoms with Crippen molar-refractivity contribution in [2.45, 2.75) is 32.1 Å². The standard InChI is InChI=1S/C15H20BrNO2/c1-11(16)3-4-12-5-6-13(9-12)7-8-14(10-17)15(18)19-2/h5-6,12-14H,1,3-4,7-9H2,2H3/t12-,13+,14?/m0/s1. The largest absolute Gasteiger partial charge is 0.468 e. The van der Waals surface area contributed by atoms with Crippen molar-refractivity contribution >= 4 is 21.9 Å². The second-order valence-electron chi connectivity index (χ2n) is 4.98. The average molecular weight is 326 g/mol. The Hall–Kier alpha value is -1.08. The number of nitriles is 1. The number of esters is 1. The molecule has 104 valence electrons. The van der Waals surface area contributed by atoms with Gasteiger partial charge in [-0.25, -0.2) is 0 Å². The van der Waals surface area contributed by atoms with Crippen molar-refractivity contribution in [3.8, 4) is 6.07 Å². The van der Waals surface area contributed by atoms with Crippen LogP contribution in [0.1, 0.15) is 32.1 Å². The van der Waals surface area contributed by atoms with E-state index in [9.17, 15) is 4.79 Å². The molecule has 0 amide bonds. The first kappa shape index (κ1) is 16.0. The molecule has 0 radical (unpaired) electrons. The van der Waals surface area contributed by atoms with Crippen LogP contribution < -0.4 is 0 Å². The third-order valence-electron chi connectivity index (χ3n) is 3.52. The fraction of sp³-hybridized carbons (Fsp3) is 0.600. The number of allylic oxidation sites excluding steroid dienone is 3. The Morgan fingerprint density at radius 3 is 2.68 bits per heavy atom. The maximum atomic E-state index is 11.3. The molecule has 3 atom stereocenters. The van der Waals surface area contributed by atoms with Crippen LogP contribution in [0.4, 0.5) is 0 Å². The minimum atomic E-state index is -0.625. The molecule has 1 aliphatic rings. The summed E-state index contributed by atoms with van der Waals surface area (Å²) in [5.74, 6) is 0.0310. The molecular formula is C15H20BrNO2. The molecule has 3 nitrogen and oxygen atoms in total. The first-order chi connectivity index (χ1) is 9.06. The number of nitrogens with zero attached hydrogens (tertiary/aromatic N) is 1. The van der Waals surface area contributed by atoms with Crippen LogP contribution in [0.5, 0.6) is 0 Å². The highest BCUT2D eigenvalue weighted by Gasteiger charge is 2.23. The number of carbonyl (C=O) groups is 1. The quantitative estimate of drug-likeness (QED) is 0.525. The summed E-state index contributed by atoms with van der Waals surface area (Å²) in [6, 6.07) is 2.01. The Labute approximate surface area is 123 Å². The number of hydrogen-bond donors (Lipinski definition) is 0. The Morgan fingerprint density at radius 2 is 2.16 bits per heavy atom. The van der Waals surface area contributed by atoms with E-state index >= 15 is 0 Å². The first-order valence-corrected chi connectivity index (χ1v) is 7.35. The van der Waals surface area contributed by atoms with E-state index in [4.69, 9.17) is 5.26 Å². The van der Waals surface area contributed by atoms with Crippen LogP contribution in [0.25, 0.3) is 0 Å². The smallest absolute Gasteiger partial charge is 0.323 e. The fourth-order valence-corrected chi connectivity index (χ4v) is 2.62. The number of methoxy groups -OCH3 is 1. The summed E-state index contributed by atoms with van der Waals surface area (Å²) in [5.41, 5.74) is 0. The van der Waals surface area contributed by atoms with Gasteiger partial charge in [0.25, 0.3) is 0 Å². The van der Waals surface area contributed by atoms with E-state index in [-0.39, 0.29) is 0 Å². The molecule has 0 fully saturated rings. The van der Waals surface area contributed by atoms with Crippen molar-refractivity contribution < 1.29 is 9.53 Å². The van der Waals surface area contributed by atoms with Gasteiger partial charge in [0.05, 0.1) is 13.2 Å². The lowest BCUT2D eigenvalue weighted by Gasteiger charge is -2.13. The molecule has 0 aliphatic heterocycles. The number of rotatable bonds is 7. The molecule has 19 heavy (non-hydrogen) atoms. The van der Waals surface area contributed by atoms with Crippen LogP contribution in [-0.2, 0) is 9.53 Å². The summed E-state index contributed by atoms with van der Waals surface area (Å²) in [7, 11) is 1.32.